The van der Waals surface area contributed by atoms with Gasteiger partial charge in [0.05, 0.1) is 0 Å². The fraction of sp³-hybridized carbons (Fsp3) is 0.786. The van der Waals surface area contributed by atoms with Crippen LogP contribution in [0.15, 0.2) is 12.3 Å². The van der Waals surface area contributed by atoms with Crippen molar-refractivity contribution in [2.45, 2.75) is 63.3 Å². The Labute approximate surface area is 104 Å². The molecule has 1 saturated carbocycles. The van der Waals surface area contributed by atoms with Gasteiger partial charge in [0.25, 0.3) is 0 Å². The molecule has 2 rings (SSSR count). The normalized spacial score (nSPS) is 20.8. The highest BCUT2D eigenvalue weighted by molar-refractivity contribution is 5.02. The third-order valence-electron chi connectivity index (χ3n) is 4.15. The van der Waals surface area contributed by atoms with Crippen LogP contribution in [0.3, 0.4) is 0 Å². The number of hydrogen-bond acceptors (Lipinski definition) is 2. The van der Waals surface area contributed by atoms with Crippen molar-refractivity contribution in [3.63, 3.8) is 0 Å². The average Bonchev–Trinajstić information content (AvgIpc) is 2.68. The molecule has 3 nitrogen and oxygen atoms in total. The highest BCUT2D eigenvalue weighted by atomic mass is 15.2. The van der Waals surface area contributed by atoms with Crippen LogP contribution in [-0.2, 0) is 13.5 Å². The van der Waals surface area contributed by atoms with Crippen molar-refractivity contribution < 1.29 is 0 Å². The zero-order valence-electron chi connectivity index (χ0n) is 11.0. The summed E-state index contributed by atoms with van der Waals surface area (Å²) >= 11 is 0. The minimum Gasteiger partial charge on any atom is -0.325 e. The molecule has 2 N–H and O–H groups in total. The van der Waals surface area contributed by atoms with Gasteiger partial charge in [-0.25, -0.2) is 0 Å². The van der Waals surface area contributed by atoms with E-state index in [4.69, 9.17) is 5.73 Å². The topological polar surface area (TPSA) is 43.8 Å². The van der Waals surface area contributed by atoms with E-state index in [0.29, 0.717) is 0 Å². The molecule has 1 aromatic heterocycles. The van der Waals surface area contributed by atoms with Crippen LogP contribution in [-0.4, -0.2) is 15.3 Å². The summed E-state index contributed by atoms with van der Waals surface area (Å²) in [5.74, 6) is 0. The Morgan fingerprint density at radius 2 is 1.88 bits per heavy atom. The van der Waals surface area contributed by atoms with Crippen molar-refractivity contribution >= 4 is 0 Å². The van der Waals surface area contributed by atoms with Gasteiger partial charge in [-0.3, -0.25) is 4.68 Å². The Hall–Kier alpha value is -0.830. The van der Waals surface area contributed by atoms with Crippen molar-refractivity contribution in [2.75, 3.05) is 0 Å². The largest absolute Gasteiger partial charge is 0.325 e. The van der Waals surface area contributed by atoms with Gasteiger partial charge in [-0.05, 0) is 31.7 Å². The molecule has 0 spiro atoms. The fourth-order valence-electron chi connectivity index (χ4n) is 2.88. The molecule has 0 saturated heterocycles. The number of rotatable bonds is 3. The number of aromatic nitrogens is 2. The number of aryl methyl sites for hydroxylation is 2. The Morgan fingerprint density at radius 3 is 2.47 bits per heavy atom. The maximum absolute atomic E-state index is 6.57. The van der Waals surface area contributed by atoms with Gasteiger partial charge in [-0.2, -0.15) is 5.10 Å². The maximum Gasteiger partial charge on any atom is 0.0492 e. The van der Waals surface area contributed by atoms with E-state index in [1.165, 1.54) is 50.6 Å². The van der Waals surface area contributed by atoms with Crippen LogP contribution in [0.5, 0.6) is 0 Å². The Balaban J connectivity index is 1.89. The summed E-state index contributed by atoms with van der Waals surface area (Å²) in [6.45, 7) is 0. The highest BCUT2D eigenvalue weighted by Crippen LogP contribution is 2.28. The Kier molecular flexibility index (Phi) is 4.21. The van der Waals surface area contributed by atoms with Crippen LogP contribution in [0.25, 0.3) is 0 Å². The summed E-state index contributed by atoms with van der Waals surface area (Å²) < 4.78 is 1.96. The molecule has 0 amide bonds. The molecule has 0 atom stereocenters. The average molecular weight is 235 g/mol. The smallest absolute Gasteiger partial charge is 0.0492 e. The molecule has 3 heteroatoms. The lowest BCUT2D eigenvalue weighted by atomic mass is 9.81. The van der Waals surface area contributed by atoms with E-state index < -0.39 is 0 Å². The highest BCUT2D eigenvalue weighted by Gasteiger charge is 2.25. The SMILES string of the molecule is Cn1nccc1CCC1(N)CCCCCCC1. The monoisotopic (exact) mass is 235 g/mol. The van der Waals surface area contributed by atoms with E-state index in [1.54, 1.807) is 0 Å². The summed E-state index contributed by atoms with van der Waals surface area (Å²) in [7, 11) is 2.01. The number of hydrogen-bond donors (Lipinski definition) is 1. The Morgan fingerprint density at radius 1 is 1.24 bits per heavy atom. The van der Waals surface area contributed by atoms with E-state index >= 15 is 0 Å². The quantitative estimate of drug-likeness (QED) is 0.875. The van der Waals surface area contributed by atoms with Crippen LogP contribution < -0.4 is 5.73 Å². The summed E-state index contributed by atoms with van der Waals surface area (Å²) in [5.41, 5.74) is 7.94. The molecular weight excluding hydrogens is 210 g/mol. The first-order valence-corrected chi connectivity index (χ1v) is 6.95. The zero-order valence-corrected chi connectivity index (χ0v) is 11.0. The summed E-state index contributed by atoms with van der Waals surface area (Å²) in [4.78, 5) is 0. The van der Waals surface area contributed by atoms with Gasteiger partial charge in [0, 0.05) is 24.5 Å². The van der Waals surface area contributed by atoms with E-state index in [0.717, 1.165) is 12.8 Å². The molecule has 1 aromatic rings. The van der Waals surface area contributed by atoms with Gasteiger partial charge in [-0.15, -0.1) is 0 Å². The van der Waals surface area contributed by atoms with Crippen molar-refractivity contribution in [3.05, 3.63) is 18.0 Å². The molecule has 96 valence electrons. The van der Waals surface area contributed by atoms with E-state index in [2.05, 4.69) is 11.2 Å². The second kappa shape index (κ2) is 5.67. The van der Waals surface area contributed by atoms with Gasteiger partial charge in [-0.1, -0.05) is 32.1 Å². The molecular formula is C14H25N3. The third kappa shape index (κ3) is 3.56. The van der Waals surface area contributed by atoms with Crippen LogP contribution in [0.1, 0.15) is 57.1 Å². The van der Waals surface area contributed by atoms with Crippen LogP contribution in [0.4, 0.5) is 0 Å². The molecule has 1 heterocycles. The van der Waals surface area contributed by atoms with Crippen LogP contribution in [0, 0.1) is 0 Å². The lowest BCUT2D eigenvalue weighted by Gasteiger charge is -2.31. The second-order valence-electron chi connectivity index (χ2n) is 5.58. The minimum absolute atomic E-state index is 0.0741. The van der Waals surface area contributed by atoms with Gasteiger partial charge in [0.2, 0.25) is 0 Å². The summed E-state index contributed by atoms with van der Waals surface area (Å²) in [6.07, 6.45) is 13.2. The first-order chi connectivity index (χ1) is 8.20. The molecule has 0 bridgehead atoms. The predicted molar refractivity (Wildman–Crippen MR) is 70.8 cm³/mol. The molecule has 1 fully saturated rings. The summed E-state index contributed by atoms with van der Waals surface area (Å²) in [5, 5.41) is 4.21. The van der Waals surface area contributed by atoms with Gasteiger partial charge >= 0.3 is 0 Å². The molecule has 17 heavy (non-hydrogen) atoms. The van der Waals surface area contributed by atoms with E-state index in [-0.39, 0.29) is 5.54 Å². The molecule has 1 aliphatic rings. The van der Waals surface area contributed by atoms with E-state index in [9.17, 15) is 0 Å². The first-order valence-electron chi connectivity index (χ1n) is 6.95. The molecule has 0 unspecified atom stereocenters. The van der Waals surface area contributed by atoms with Crippen molar-refractivity contribution in [1.82, 2.24) is 9.78 Å². The van der Waals surface area contributed by atoms with Crippen molar-refractivity contribution in [2.24, 2.45) is 12.8 Å². The number of nitrogens with two attached hydrogens (primary N) is 1. The lowest BCUT2D eigenvalue weighted by Crippen LogP contribution is -2.40. The maximum atomic E-state index is 6.57. The fourth-order valence-corrected chi connectivity index (χ4v) is 2.88. The summed E-state index contributed by atoms with van der Waals surface area (Å²) in [6, 6.07) is 2.10. The van der Waals surface area contributed by atoms with Crippen molar-refractivity contribution in [1.29, 1.82) is 0 Å². The molecule has 0 radical (unpaired) electrons. The number of nitrogens with zero attached hydrogens (tertiary/aromatic N) is 2. The Bertz CT molecular complexity index is 335. The molecule has 0 aliphatic heterocycles. The molecule has 1 aliphatic carbocycles. The second-order valence-corrected chi connectivity index (χ2v) is 5.58. The zero-order chi connectivity index (χ0) is 12.1. The lowest BCUT2D eigenvalue weighted by molar-refractivity contribution is 0.296. The predicted octanol–water partition coefficient (Wildman–Crippen LogP) is 2.79. The van der Waals surface area contributed by atoms with Crippen LogP contribution in [0.2, 0.25) is 0 Å². The van der Waals surface area contributed by atoms with Crippen molar-refractivity contribution in [3.8, 4) is 0 Å². The standard InChI is InChI=1S/C14H25N3/c1-17-13(8-12-16-17)7-11-14(15)9-5-3-2-4-6-10-14/h8,12H,2-7,9-11,15H2,1H3. The van der Waals surface area contributed by atoms with E-state index in [1.807, 2.05) is 17.9 Å². The van der Waals surface area contributed by atoms with Gasteiger partial charge < -0.3 is 5.73 Å². The first kappa shape index (κ1) is 12.6. The minimum atomic E-state index is 0.0741. The third-order valence-corrected chi connectivity index (χ3v) is 4.15. The molecule has 0 aromatic carbocycles. The van der Waals surface area contributed by atoms with Gasteiger partial charge in [0.15, 0.2) is 0 Å². The van der Waals surface area contributed by atoms with Crippen LogP contribution >= 0.6 is 0 Å². The van der Waals surface area contributed by atoms with Gasteiger partial charge in [0.1, 0.15) is 0 Å².